The van der Waals surface area contributed by atoms with Gasteiger partial charge >= 0.3 is 0 Å². The summed E-state index contributed by atoms with van der Waals surface area (Å²) in [6.45, 7) is 5.16. The van der Waals surface area contributed by atoms with Crippen LogP contribution in [-0.4, -0.2) is 50.9 Å². The van der Waals surface area contributed by atoms with Crippen molar-refractivity contribution in [1.82, 2.24) is 10.2 Å². The first-order valence-electron chi connectivity index (χ1n) is 14.7. The molecule has 0 saturated carbocycles. The monoisotopic (exact) mass is 769 g/mol. The number of ether oxygens (including phenoxy) is 1. The van der Waals surface area contributed by atoms with Crippen LogP contribution in [-0.2, 0) is 32.6 Å². The van der Waals surface area contributed by atoms with Crippen LogP contribution in [0.4, 0.5) is 5.69 Å². The lowest BCUT2D eigenvalue weighted by Crippen LogP contribution is -2.54. The predicted molar refractivity (Wildman–Crippen MR) is 188 cm³/mol. The Morgan fingerprint density at radius 3 is 2.15 bits per heavy atom. The second-order valence-corrected chi connectivity index (χ2v) is 14.8. The summed E-state index contributed by atoms with van der Waals surface area (Å²) in [6.07, 6.45) is 0.238. The third-order valence-corrected chi connectivity index (χ3v) is 10.1. The number of halogens is 2. The van der Waals surface area contributed by atoms with Crippen LogP contribution in [0.15, 0.2) is 111 Å². The molecule has 0 saturated heterocycles. The molecular weight excluding hydrogens is 734 g/mol. The molecule has 0 heterocycles. The Balaban J connectivity index is 1.82. The van der Waals surface area contributed by atoms with Crippen LogP contribution in [0, 0.1) is 6.92 Å². The van der Waals surface area contributed by atoms with Crippen LogP contribution in [0.1, 0.15) is 30.5 Å². The molecule has 0 aromatic heterocycles. The molecule has 4 aromatic carbocycles. The van der Waals surface area contributed by atoms with Gasteiger partial charge in [0.25, 0.3) is 10.0 Å². The average Bonchev–Trinajstić information content (AvgIpc) is 3.02. The van der Waals surface area contributed by atoms with Crippen LogP contribution in [0.5, 0.6) is 5.75 Å². The van der Waals surface area contributed by atoms with Crippen LogP contribution < -0.4 is 14.4 Å². The van der Waals surface area contributed by atoms with Crippen molar-refractivity contribution in [2.24, 2.45) is 0 Å². The minimum atomic E-state index is -4.25. The quantitative estimate of drug-likeness (QED) is 0.160. The van der Waals surface area contributed by atoms with Crippen molar-refractivity contribution < 1.29 is 22.7 Å². The molecular formula is C35H37Br2N3O5S. The number of rotatable bonds is 13. The largest absolute Gasteiger partial charge is 0.496 e. The van der Waals surface area contributed by atoms with E-state index in [1.807, 2.05) is 75.4 Å². The van der Waals surface area contributed by atoms with Gasteiger partial charge in [-0.2, -0.15) is 0 Å². The Morgan fingerprint density at radius 2 is 1.54 bits per heavy atom. The van der Waals surface area contributed by atoms with Gasteiger partial charge in [0, 0.05) is 23.5 Å². The molecule has 1 unspecified atom stereocenters. The number of hydrogen-bond donors (Lipinski definition) is 1. The molecule has 11 heteroatoms. The molecule has 0 fully saturated rings. The highest BCUT2D eigenvalue weighted by Gasteiger charge is 2.35. The second kappa shape index (κ2) is 15.8. The highest BCUT2D eigenvalue weighted by atomic mass is 79.9. The minimum absolute atomic E-state index is 0.0227. The lowest BCUT2D eigenvalue weighted by molar-refractivity contribution is -0.140. The zero-order valence-electron chi connectivity index (χ0n) is 26.1. The molecule has 4 aromatic rings. The first-order chi connectivity index (χ1) is 21.9. The SMILES string of the molecule is COc1ccc(S(=O)(=O)N(CC(=O)N(Cc2cccc(Br)c2)C(Cc2ccccc2)C(=O)NC(C)C)c2ccc(C)cc2)cc1Br. The maximum atomic E-state index is 14.5. The van der Waals surface area contributed by atoms with E-state index in [1.54, 1.807) is 30.3 Å². The number of hydrogen-bond acceptors (Lipinski definition) is 5. The lowest BCUT2D eigenvalue weighted by atomic mass is 10.0. The highest BCUT2D eigenvalue weighted by Crippen LogP contribution is 2.31. The fourth-order valence-electron chi connectivity index (χ4n) is 4.94. The van der Waals surface area contributed by atoms with Crippen molar-refractivity contribution in [2.45, 2.75) is 50.7 Å². The van der Waals surface area contributed by atoms with Crippen LogP contribution >= 0.6 is 31.9 Å². The van der Waals surface area contributed by atoms with Gasteiger partial charge in [-0.25, -0.2) is 8.42 Å². The van der Waals surface area contributed by atoms with Crippen LogP contribution in [0.25, 0.3) is 0 Å². The summed E-state index contributed by atoms with van der Waals surface area (Å²) >= 11 is 6.89. The van der Waals surface area contributed by atoms with Crippen LogP contribution in [0.2, 0.25) is 0 Å². The number of benzene rings is 4. The number of anilines is 1. The number of nitrogens with one attached hydrogen (secondary N) is 1. The summed E-state index contributed by atoms with van der Waals surface area (Å²) in [4.78, 5) is 29.8. The van der Waals surface area contributed by atoms with E-state index in [0.29, 0.717) is 15.9 Å². The van der Waals surface area contributed by atoms with Gasteiger partial charge in [0.05, 0.1) is 22.2 Å². The Hall–Kier alpha value is -3.67. The third-order valence-electron chi connectivity index (χ3n) is 7.26. The number of methoxy groups -OCH3 is 1. The van der Waals surface area contributed by atoms with E-state index in [0.717, 1.165) is 25.5 Å². The molecule has 4 rings (SSSR count). The van der Waals surface area contributed by atoms with Crippen molar-refractivity contribution >= 4 is 59.4 Å². The molecule has 46 heavy (non-hydrogen) atoms. The first-order valence-corrected chi connectivity index (χ1v) is 17.7. The third kappa shape index (κ3) is 8.98. The Morgan fingerprint density at radius 1 is 0.870 bits per heavy atom. The molecule has 0 bridgehead atoms. The Labute approximate surface area is 288 Å². The summed E-state index contributed by atoms with van der Waals surface area (Å²) < 4.78 is 36.2. The number of carbonyl (C=O) groups excluding carboxylic acids is 2. The van der Waals surface area contributed by atoms with Gasteiger partial charge in [-0.3, -0.25) is 13.9 Å². The second-order valence-electron chi connectivity index (χ2n) is 11.2. The highest BCUT2D eigenvalue weighted by molar-refractivity contribution is 9.10. The van der Waals surface area contributed by atoms with Gasteiger partial charge in [0.15, 0.2) is 0 Å². The standard InChI is InChI=1S/C35H37Br2N3O5S/c1-24(2)38-35(42)32(20-26-9-6-5-7-10-26)39(22-27-11-8-12-28(36)19-27)34(41)23-40(29-15-13-25(3)14-16-29)46(43,44)30-17-18-33(45-4)31(37)21-30/h5-19,21,24,32H,20,22-23H2,1-4H3,(H,38,42). The normalized spacial score (nSPS) is 12.0. The van der Waals surface area contributed by atoms with E-state index in [4.69, 9.17) is 4.74 Å². The summed E-state index contributed by atoms with van der Waals surface area (Å²) in [6, 6.07) is 27.2. The molecule has 242 valence electrons. The van der Waals surface area contributed by atoms with Gasteiger partial charge in [0.1, 0.15) is 18.3 Å². The lowest BCUT2D eigenvalue weighted by Gasteiger charge is -2.34. The molecule has 0 aliphatic carbocycles. The molecule has 1 atom stereocenters. The topological polar surface area (TPSA) is 96.0 Å². The van der Waals surface area contributed by atoms with Gasteiger partial charge in [-0.15, -0.1) is 0 Å². The van der Waals surface area contributed by atoms with Gasteiger partial charge in [-0.1, -0.05) is 76.1 Å². The first kappa shape index (κ1) is 35.2. The van der Waals surface area contributed by atoms with E-state index in [2.05, 4.69) is 37.2 Å². The van der Waals surface area contributed by atoms with Gasteiger partial charge in [-0.05, 0) is 90.3 Å². The van der Waals surface area contributed by atoms with Crippen molar-refractivity contribution in [3.63, 3.8) is 0 Å². The zero-order valence-corrected chi connectivity index (χ0v) is 30.1. The molecule has 8 nitrogen and oxygen atoms in total. The predicted octanol–water partition coefficient (Wildman–Crippen LogP) is 6.89. The minimum Gasteiger partial charge on any atom is -0.496 e. The maximum absolute atomic E-state index is 14.5. The summed E-state index contributed by atoms with van der Waals surface area (Å²) in [5.41, 5.74) is 2.90. The molecule has 1 N–H and O–H groups in total. The van der Waals surface area contributed by atoms with Crippen molar-refractivity contribution in [1.29, 1.82) is 0 Å². The summed E-state index contributed by atoms with van der Waals surface area (Å²) in [5, 5.41) is 2.97. The smallest absolute Gasteiger partial charge is 0.264 e. The number of amides is 2. The van der Waals surface area contributed by atoms with Crippen molar-refractivity contribution in [2.75, 3.05) is 18.0 Å². The summed E-state index contributed by atoms with van der Waals surface area (Å²) in [7, 11) is -2.76. The summed E-state index contributed by atoms with van der Waals surface area (Å²) in [5.74, 6) is -0.389. The van der Waals surface area contributed by atoms with E-state index >= 15 is 0 Å². The van der Waals surface area contributed by atoms with Crippen molar-refractivity contribution in [3.8, 4) is 5.75 Å². The number of aryl methyl sites for hydroxylation is 1. The number of nitrogens with zero attached hydrogens (tertiary/aromatic N) is 2. The molecule has 0 radical (unpaired) electrons. The van der Waals surface area contributed by atoms with E-state index in [9.17, 15) is 18.0 Å². The van der Waals surface area contributed by atoms with Gasteiger partial charge < -0.3 is 15.0 Å². The van der Waals surface area contributed by atoms with E-state index < -0.39 is 28.5 Å². The Bertz CT molecular complexity index is 1770. The molecule has 0 aliphatic rings. The number of sulfonamides is 1. The van der Waals surface area contributed by atoms with Crippen LogP contribution in [0.3, 0.4) is 0 Å². The zero-order chi connectivity index (χ0) is 33.4. The van der Waals surface area contributed by atoms with E-state index in [1.165, 1.54) is 24.1 Å². The number of carbonyl (C=O) groups is 2. The average molecular weight is 772 g/mol. The fraction of sp³-hybridized carbons (Fsp3) is 0.257. The Kier molecular flexibility index (Phi) is 12.0. The maximum Gasteiger partial charge on any atom is 0.264 e. The van der Waals surface area contributed by atoms with E-state index in [-0.39, 0.29) is 29.8 Å². The molecule has 0 spiro atoms. The van der Waals surface area contributed by atoms with Gasteiger partial charge in [0.2, 0.25) is 11.8 Å². The van der Waals surface area contributed by atoms with Crippen molar-refractivity contribution in [3.05, 3.63) is 123 Å². The molecule has 0 aliphatic heterocycles. The molecule has 2 amide bonds. The fourth-order valence-corrected chi connectivity index (χ4v) is 7.52.